The molecule has 0 bridgehead atoms. The fourth-order valence-corrected chi connectivity index (χ4v) is 6.78. The molecule has 0 atom stereocenters. The van der Waals surface area contributed by atoms with Gasteiger partial charge in [0.05, 0.1) is 0 Å². The van der Waals surface area contributed by atoms with Gasteiger partial charge in [-0.15, -0.1) is 0 Å². The van der Waals surface area contributed by atoms with Gasteiger partial charge in [0.15, 0.2) is 0 Å². The Kier molecular flexibility index (Phi) is 5.06. The summed E-state index contributed by atoms with van der Waals surface area (Å²) in [6.45, 7) is 6.84. The molecule has 8 rings (SSSR count). The molecule has 196 valence electrons. The summed E-state index contributed by atoms with van der Waals surface area (Å²) >= 11 is 0. The van der Waals surface area contributed by atoms with Gasteiger partial charge >= 0.3 is 0 Å². The second-order valence-corrected chi connectivity index (χ2v) is 12.3. The van der Waals surface area contributed by atoms with Crippen LogP contribution in [0.25, 0.3) is 76.1 Å². The topological polar surface area (TPSA) is 0 Å². The summed E-state index contributed by atoms with van der Waals surface area (Å²) in [4.78, 5) is 0. The van der Waals surface area contributed by atoms with Crippen molar-refractivity contribution in [1.29, 1.82) is 0 Å². The first-order chi connectivity index (χ1) is 19.9. The lowest BCUT2D eigenvalue weighted by atomic mass is 9.82. The van der Waals surface area contributed by atoms with Crippen molar-refractivity contribution in [3.8, 4) is 22.3 Å². The lowest BCUT2D eigenvalue weighted by molar-refractivity contribution is 0.591. The molecule has 0 heterocycles. The molecule has 0 N–H and O–H groups in total. The summed E-state index contributed by atoms with van der Waals surface area (Å²) in [6, 6.07) is 42.8. The molecule has 0 unspecified atom stereocenters. The number of hydrogen-bond acceptors (Lipinski definition) is 0. The van der Waals surface area contributed by atoms with Crippen LogP contribution in [0.2, 0.25) is 0 Å². The van der Waals surface area contributed by atoms with Gasteiger partial charge in [-0.3, -0.25) is 0 Å². The molecule has 0 spiro atoms. The van der Waals surface area contributed by atoms with Crippen molar-refractivity contribution in [3.63, 3.8) is 0 Å². The Morgan fingerprint density at radius 2 is 0.829 bits per heavy atom. The summed E-state index contributed by atoms with van der Waals surface area (Å²) in [7, 11) is 0. The predicted octanol–water partition coefficient (Wildman–Crippen LogP) is 11.7. The maximum absolute atomic E-state index is 13.9. The van der Waals surface area contributed by atoms with E-state index in [0.29, 0.717) is 0 Å². The van der Waals surface area contributed by atoms with E-state index in [9.17, 15) is 4.39 Å². The molecule has 1 heteroatoms. The standard InChI is InChI=1S/C40H29F/c1-40(2,3)30-22-27-14-12-25-20-29(21-26-13-15-28(23-30)37(27)36(25)26)39-34-10-6-4-8-32(34)38(24-16-18-31(41)19-17-24)33-9-5-7-11-35(33)39/h4-23H,1-3H3. The first-order valence-corrected chi connectivity index (χ1v) is 14.3. The van der Waals surface area contributed by atoms with Gasteiger partial charge in [-0.05, 0) is 111 Å². The zero-order chi connectivity index (χ0) is 27.9. The Morgan fingerprint density at radius 1 is 0.439 bits per heavy atom. The molecule has 0 radical (unpaired) electrons. The van der Waals surface area contributed by atoms with E-state index < -0.39 is 0 Å². The third-order valence-electron chi connectivity index (χ3n) is 8.75. The minimum atomic E-state index is -0.220. The fraction of sp³-hybridized carbons (Fsp3) is 0.100. The SMILES string of the molecule is CC(C)(C)c1cc2ccc3cc(-c4c5ccccc5c(-c5ccc(F)cc5)c5ccccc45)cc4ccc(c1)c2c34. The Labute approximate surface area is 239 Å². The molecule has 0 fully saturated rings. The lowest BCUT2D eigenvalue weighted by Gasteiger charge is -2.22. The average Bonchev–Trinajstić information content (AvgIpc) is 2.98. The van der Waals surface area contributed by atoms with Crippen LogP contribution in [-0.4, -0.2) is 0 Å². The van der Waals surface area contributed by atoms with Gasteiger partial charge in [0.25, 0.3) is 0 Å². The second-order valence-electron chi connectivity index (χ2n) is 12.3. The Morgan fingerprint density at radius 3 is 1.24 bits per heavy atom. The van der Waals surface area contributed by atoms with Crippen LogP contribution in [-0.2, 0) is 5.41 Å². The van der Waals surface area contributed by atoms with Crippen molar-refractivity contribution in [2.24, 2.45) is 0 Å². The molecule has 0 aliphatic rings. The normalized spacial score (nSPS) is 12.4. The van der Waals surface area contributed by atoms with Crippen molar-refractivity contribution >= 4 is 53.9 Å². The number of fused-ring (bicyclic) bond motifs is 2. The van der Waals surface area contributed by atoms with Gasteiger partial charge in [0, 0.05) is 0 Å². The summed E-state index contributed by atoms with van der Waals surface area (Å²) in [5, 5.41) is 12.6. The molecule has 0 aromatic heterocycles. The molecule has 8 aromatic carbocycles. The fourth-order valence-electron chi connectivity index (χ4n) is 6.78. The highest BCUT2D eigenvalue weighted by molar-refractivity contribution is 6.26. The highest BCUT2D eigenvalue weighted by Gasteiger charge is 2.20. The smallest absolute Gasteiger partial charge is 0.123 e. The van der Waals surface area contributed by atoms with Crippen LogP contribution >= 0.6 is 0 Å². The van der Waals surface area contributed by atoms with E-state index in [1.54, 1.807) is 12.1 Å². The van der Waals surface area contributed by atoms with Crippen LogP contribution < -0.4 is 0 Å². The monoisotopic (exact) mass is 528 g/mol. The van der Waals surface area contributed by atoms with E-state index >= 15 is 0 Å². The predicted molar refractivity (Wildman–Crippen MR) is 175 cm³/mol. The van der Waals surface area contributed by atoms with E-state index in [2.05, 4.69) is 118 Å². The summed E-state index contributed by atoms with van der Waals surface area (Å²) in [5.41, 5.74) is 6.08. The van der Waals surface area contributed by atoms with E-state index in [1.807, 2.05) is 12.1 Å². The third-order valence-corrected chi connectivity index (χ3v) is 8.75. The van der Waals surface area contributed by atoms with Crippen molar-refractivity contribution < 1.29 is 4.39 Å². The first kappa shape index (κ1) is 24.1. The molecule has 0 amide bonds. The summed E-state index contributed by atoms with van der Waals surface area (Å²) < 4.78 is 13.9. The Hall–Kier alpha value is -4.75. The molecule has 0 saturated carbocycles. The largest absolute Gasteiger partial charge is 0.207 e. The molecule has 0 saturated heterocycles. The number of rotatable bonds is 2. The Balaban J connectivity index is 1.45. The minimum Gasteiger partial charge on any atom is -0.207 e. The maximum Gasteiger partial charge on any atom is 0.123 e. The average molecular weight is 529 g/mol. The zero-order valence-electron chi connectivity index (χ0n) is 23.4. The van der Waals surface area contributed by atoms with Gasteiger partial charge < -0.3 is 0 Å². The molecule has 41 heavy (non-hydrogen) atoms. The van der Waals surface area contributed by atoms with Crippen molar-refractivity contribution in [1.82, 2.24) is 0 Å². The lowest BCUT2D eigenvalue weighted by Crippen LogP contribution is -2.10. The minimum absolute atomic E-state index is 0.0970. The van der Waals surface area contributed by atoms with Crippen LogP contribution in [0, 0.1) is 5.82 Å². The van der Waals surface area contributed by atoms with Crippen LogP contribution in [0.15, 0.2) is 121 Å². The van der Waals surface area contributed by atoms with Gasteiger partial charge in [0.2, 0.25) is 0 Å². The third kappa shape index (κ3) is 3.66. The van der Waals surface area contributed by atoms with Gasteiger partial charge in [-0.2, -0.15) is 0 Å². The number of benzene rings is 8. The van der Waals surface area contributed by atoms with Crippen LogP contribution in [0.4, 0.5) is 4.39 Å². The Bertz CT molecular complexity index is 2160. The van der Waals surface area contributed by atoms with Gasteiger partial charge in [0.1, 0.15) is 5.82 Å². The van der Waals surface area contributed by atoms with Crippen molar-refractivity contribution in [2.75, 3.05) is 0 Å². The van der Waals surface area contributed by atoms with E-state index in [-0.39, 0.29) is 11.2 Å². The van der Waals surface area contributed by atoms with Crippen molar-refractivity contribution in [2.45, 2.75) is 26.2 Å². The van der Waals surface area contributed by atoms with Gasteiger partial charge in [-0.1, -0.05) is 118 Å². The highest BCUT2D eigenvalue weighted by Crippen LogP contribution is 2.46. The van der Waals surface area contributed by atoms with Crippen molar-refractivity contribution in [3.05, 3.63) is 133 Å². The molecule has 0 aliphatic carbocycles. The number of hydrogen-bond donors (Lipinski definition) is 0. The van der Waals surface area contributed by atoms with Crippen LogP contribution in [0.3, 0.4) is 0 Å². The quantitative estimate of drug-likeness (QED) is 0.155. The number of halogens is 1. The van der Waals surface area contributed by atoms with E-state index in [4.69, 9.17) is 0 Å². The zero-order valence-corrected chi connectivity index (χ0v) is 23.4. The molecule has 0 aliphatic heterocycles. The summed E-state index contributed by atoms with van der Waals surface area (Å²) in [6.07, 6.45) is 0. The van der Waals surface area contributed by atoms with E-state index in [1.165, 1.54) is 70.6 Å². The second kappa shape index (κ2) is 8.62. The maximum atomic E-state index is 13.9. The van der Waals surface area contributed by atoms with Crippen LogP contribution in [0.1, 0.15) is 26.3 Å². The molecular formula is C40H29F. The summed E-state index contributed by atoms with van der Waals surface area (Å²) in [5.74, 6) is -0.220. The molecular weight excluding hydrogens is 499 g/mol. The highest BCUT2D eigenvalue weighted by atomic mass is 19.1. The van der Waals surface area contributed by atoms with Gasteiger partial charge in [-0.25, -0.2) is 4.39 Å². The van der Waals surface area contributed by atoms with E-state index in [0.717, 1.165) is 11.1 Å². The molecule has 8 aromatic rings. The molecule has 0 nitrogen and oxygen atoms in total. The first-order valence-electron chi connectivity index (χ1n) is 14.3. The van der Waals surface area contributed by atoms with Crippen LogP contribution in [0.5, 0.6) is 0 Å².